The molecule has 2 rings (SSSR count). The largest absolute Gasteiger partial charge is 0.478 e. The third kappa shape index (κ3) is 3.27. The summed E-state index contributed by atoms with van der Waals surface area (Å²) in [5.41, 5.74) is 0.351. The Labute approximate surface area is 115 Å². The first-order chi connectivity index (χ1) is 9.49. The second-order valence-corrected chi connectivity index (χ2v) is 5.41. The summed E-state index contributed by atoms with van der Waals surface area (Å²) in [5, 5.41) is 12.3. The standard InChI is InChI=1S/C13H10N2O4S/c16-13(17)10-6-8-11(9-7-10)14-15-20(18,19)12-4-2-1-3-5-12/h1-9H,(H,16,17). The number of sulfonamides is 1. The molecule has 0 fully saturated rings. The van der Waals surface area contributed by atoms with Crippen molar-refractivity contribution in [3.05, 3.63) is 60.2 Å². The molecule has 0 saturated heterocycles. The van der Waals surface area contributed by atoms with E-state index in [1.54, 1.807) is 18.2 Å². The summed E-state index contributed by atoms with van der Waals surface area (Å²) in [6.07, 6.45) is 0. The van der Waals surface area contributed by atoms with Crippen LogP contribution in [0.2, 0.25) is 0 Å². The molecule has 20 heavy (non-hydrogen) atoms. The van der Waals surface area contributed by atoms with Crippen molar-refractivity contribution in [2.45, 2.75) is 4.90 Å². The van der Waals surface area contributed by atoms with Crippen molar-refractivity contribution in [1.82, 2.24) is 0 Å². The number of carboxylic acids is 1. The van der Waals surface area contributed by atoms with Crippen molar-refractivity contribution in [2.75, 3.05) is 0 Å². The minimum Gasteiger partial charge on any atom is -0.478 e. The molecule has 1 N–H and O–H groups in total. The van der Waals surface area contributed by atoms with Gasteiger partial charge in [-0.2, -0.15) is 8.42 Å². The zero-order valence-corrected chi connectivity index (χ0v) is 11.0. The number of benzene rings is 2. The topological polar surface area (TPSA) is 96.2 Å². The molecule has 2 aromatic rings. The zero-order valence-electron chi connectivity index (χ0n) is 10.2. The molecule has 0 heterocycles. The van der Waals surface area contributed by atoms with E-state index in [1.807, 2.05) is 0 Å². The lowest BCUT2D eigenvalue weighted by Gasteiger charge is -1.97. The molecular formula is C13H10N2O4S. The Hall–Kier alpha value is -2.54. The van der Waals surface area contributed by atoms with Crippen LogP contribution in [0.15, 0.2) is 69.1 Å². The fraction of sp³-hybridized carbons (Fsp3) is 0. The van der Waals surface area contributed by atoms with Crippen molar-refractivity contribution in [2.24, 2.45) is 9.63 Å². The van der Waals surface area contributed by atoms with E-state index in [1.165, 1.54) is 36.4 Å². The monoisotopic (exact) mass is 290 g/mol. The Bertz CT molecular complexity index is 738. The highest BCUT2D eigenvalue weighted by molar-refractivity contribution is 7.90. The summed E-state index contributed by atoms with van der Waals surface area (Å²) >= 11 is 0. The Morgan fingerprint density at radius 2 is 1.55 bits per heavy atom. The number of aromatic carboxylic acids is 1. The predicted molar refractivity (Wildman–Crippen MR) is 71.5 cm³/mol. The maximum absolute atomic E-state index is 11.8. The molecule has 0 aliphatic rings. The molecule has 102 valence electrons. The van der Waals surface area contributed by atoms with Crippen molar-refractivity contribution in [3.63, 3.8) is 0 Å². The third-order valence-electron chi connectivity index (χ3n) is 2.42. The van der Waals surface area contributed by atoms with E-state index in [2.05, 4.69) is 9.63 Å². The van der Waals surface area contributed by atoms with Gasteiger partial charge in [0.2, 0.25) is 0 Å². The third-order valence-corrected chi connectivity index (χ3v) is 3.58. The molecule has 6 nitrogen and oxygen atoms in total. The van der Waals surface area contributed by atoms with E-state index < -0.39 is 16.0 Å². The van der Waals surface area contributed by atoms with Gasteiger partial charge in [-0.3, -0.25) is 0 Å². The van der Waals surface area contributed by atoms with Crippen LogP contribution in [-0.4, -0.2) is 19.5 Å². The maximum Gasteiger partial charge on any atom is 0.335 e. The normalized spacial score (nSPS) is 11.6. The molecule has 0 bridgehead atoms. The summed E-state index contributed by atoms with van der Waals surface area (Å²) in [6, 6.07) is 13.1. The summed E-state index contributed by atoms with van der Waals surface area (Å²) in [7, 11) is -3.84. The van der Waals surface area contributed by atoms with Crippen LogP contribution in [0.25, 0.3) is 0 Å². The van der Waals surface area contributed by atoms with E-state index in [4.69, 9.17) is 5.11 Å². The average molecular weight is 290 g/mol. The van der Waals surface area contributed by atoms with Crippen molar-refractivity contribution in [3.8, 4) is 0 Å². The number of hydrogen-bond donors (Lipinski definition) is 1. The summed E-state index contributed by atoms with van der Waals surface area (Å²) in [4.78, 5) is 10.7. The first-order valence-electron chi connectivity index (χ1n) is 5.55. The van der Waals surface area contributed by atoms with Gasteiger partial charge in [-0.25, -0.2) is 4.79 Å². The SMILES string of the molecule is O=C(O)c1ccc(N=NS(=O)(=O)c2ccccc2)cc1. The molecule has 0 aliphatic carbocycles. The second kappa shape index (κ2) is 5.62. The van der Waals surface area contributed by atoms with Gasteiger partial charge < -0.3 is 5.11 Å². The summed E-state index contributed by atoms with van der Waals surface area (Å²) in [6.45, 7) is 0. The van der Waals surface area contributed by atoms with Crippen molar-refractivity contribution in [1.29, 1.82) is 0 Å². The molecule has 0 aliphatic heterocycles. The lowest BCUT2D eigenvalue weighted by molar-refractivity contribution is 0.0697. The van der Waals surface area contributed by atoms with Crippen LogP contribution in [0.4, 0.5) is 5.69 Å². The predicted octanol–water partition coefficient (Wildman–Crippen LogP) is 2.86. The minimum atomic E-state index is -3.84. The molecule has 7 heteroatoms. The van der Waals surface area contributed by atoms with Gasteiger partial charge in [0.05, 0.1) is 16.1 Å². The molecule has 2 aromatic carbocycles. The fourth-order valence-electron chi connectivity index (χ4n) is 1.41. The van der Waals surface area contributed by atoms with E-state index in [0.717, 1.165) is 0 Å². The van der Waals surface area contributed by atoms with Crippen LogP contribution in [0, 0.1) is 0 Å². The maximum atomic E-state index is 11.8. The highest BCUT2D eigenvalue weighted by Crippen LogP contribution is 2.17. The number of hydrogen-bond acceptors (Lipinski definition) is 4. The number of carboxylic acid groups (broad SMARTS) is 1. The van der Waals surface area contributed by atoms with Crippen LogP contribution < -0.4 is 0 Å². The molecule has 0 spiro atoms. The van der Waals surface area contributed by atoms with E-state index in [9.17, 15) is 13.2 Å². The first-order valence-corrected chi connectivity index (χ1v) is 6.99. The Morgan fingerprint density at radius 3 is 2.10 bits per heavy atom. The van der Waals surface area contributed by atoms with Crippen LogP contribution in [0.5, 0.6) is 0 Å². The number of nitrogens with zero attached hydrogens (tertiary/aromatic N) is 2. The Balaban J connectivity index is 2.23. The van der Waals surface area contributed by atoms with Crippen LogP contribution >= 0.6 is 0 Å². The number of rotatable bonds is 4. The van der Waals surface area contributed by atoms with Crippen molar-refractivity contribution >= 4 is 21.7 Å². The number of carbonyl (C=O) groups is 1. The average Bonchev–Trinajstić information content (AvgIpc) is 2.46. The van der Waals surface area contributed by atoms with Gasteiger partial charge in [0, 0.05) is 0 Å². The molecule has 0 aromatic heterocycles. The van der Waals surface area contributed by atoms with Gasteiger partial charge in [-0.15, -0.1) is 5.11 Å². The molecule has 0 radical (unpaired) electrons. The lowest BCUT2D eigenvalue weighted by Crippen LogP contribution is -1.95. The molecule has 0 amide bonds. The van der Waals surface area contributed by atoms with E-state index in [-0.39, 0.29) is 16.1 Å². The van der Waals surface area contributed by atoms with Gasteiger partial charge in [-0.1, -0.05) is 22.7 Å². The zero-order chi connectivity index (χ0) is 14.6. The van der Waals surface area contributed by atoms with Gasteiger partial charge in [0.1, 0.15) is 0 Å². The quantitative estimate of drug-likeness (QED) is 0.875. The summed E-state index contributed by atoms with van der Waals surface area (Å²) in [5.74, 6) is -1.06. The molecular weight excluding hydrogens is 280 g/mol. The molecule has 0 atom stereocenters. The highest BCUT2D eigenvalue weighted by Gasteiger charge is 2.11. The second-order valence-electron chi connectivity index (χ2n) is 3.82. The van der Waals surface area contributed by atoms with Crippen LogP contribution in [0.3, 0.4) is 0 Å². The van der Waals surface area contributed by atoms with E-state index >= 15 is 0 Å². The van der Waals surface area contributed by atoms with Crippen LogP contribution in [0.1, 0.15) is 10.4 Å². The van der Waals surface area contributed by atoms with Gasteiger partial charge in [-0.05, 0) is 36.4 Å². The van der Waals surface area contributed by atoms with Crippen LogP contribution in [-0.2, 0) is 10.0 Å². The Kier molecular flexibility index (Phi) is 3.90. The molecule has 0 unspecified atom stereocenters. The van der Waals surface area contributed by atoms with Gasteiger partial charge in [0.15, 0.2) is 0 Å². The van der Waals surface area contributed by atoms with Gasteiger partial charge >= 0.3 is 5.97 Å². The van der Waals surface area contributed by atoms with Gasteiger partial charge in [0.25, 0.3) is 10.0 Å². The smallest absolute Gasteiger partial charge is 0.335 e. The lowest BCUT2D eigenvalue weighted by atomic mass is 10.2. The fourth-order valence-corrected chi connectivity index (χ4v) is 2.21. The highest BCUT2D eigenvalue weighted by atomic mass is 32.2. The van der Waals surface area contributed by atoms with E-state index in [0.29, 0.717) is 0 Å². The molecule has 0 saturated carbocycles. The van der Waals surface area contributed by atoms with Crippen molar-refractivity contribution < 1.29 is 18.3 Å². The Morgan fingerprint density at radius 1 is 0.950 bits per heavy atom. The summed E-state index contributed by atoms with van der Waals surface area (Å²) < 4.78 is 27.0. The minimum absolute atomic E-state index is 0.0471. The first kappa shape index (κ1) is 13.9.